The highest BCUT2D eigenvalue weighted by Crippen LogP contribution is 2.37. The van der Waals surface area contributed by atoms with Gasteiger partial charge in [0.15, 0.2) is 0 Å². The zero-order chi connectivity index (χ0) is 33.7. The summed E-state index contributed by atoms with van der Waals surface area (Å²) >= 11 is 1.74. The van der Waals surface area contributed by atoms with Gasteiger partial charge in [-0.2, -0.15) is 0 Å². The van der Waals surface area contributed by atoms with E-state index in [2.05, 4.69) is 165 Å². The van der Waals surface area contributed by atoms with Crippen molar-refractivity contribution >= 4 is 47.9 Å². The Hall–Kier alpha value is -3.90. The highest BCUT2D eigenvalue weighted by atomic mass is 32.1. The lowest BCUT2D eigenvalue weighted by atomic mass is 10.1. The van der Waals surface area contributed by atoms with Crippen LogP contribution in [0, 0.1) is 0 Å². The summed E-state index contributed by atoms with van der Waals surface area (Å²) in [5, 5.41) is 4.77. The highest BCUT2D eigenvalue weighted by Gasteiger charge is 2.49. The van der Waals surface area contributed by atoms with Crippen LogP contribution in [0.5, 0.6) is 5.75 Å². The molecule has 0 radical (unpaired) electrons. The third kappa shape index (κ3) is 9.16. The lowest BCUT2D eigenvalue weighted by Crippen LogP contribution is -2.66. The van der Waals surface area contributed by atoms with Crippen LogP contribution in [-0.4, -0.2) is 28.0 Å². The second-order valence-electron chi connectivity index (χ2n) is 13.4. The van der Waals surface area contributed by atoms with Gasteiger partial charge in [-0.05, 0) is 76.0 Å². The molecule has 0 saturated heterocycles. The van der Waals surface area contributed by atoms with E-state index in [0.29, 0.717) is 6.61 Å². The van der Waals surface area contributed by atoms with Crippen LogP contribution in [-0.2, 0) is 11.0 Å². The van der Waals surface area contributed by atoms with Gasteiger partial charge in [0.05, 0.1) is 0 Å². The van der Waals surface area contributed by atoms with Crippen LogP contribution < -0.4 is 20.0 Å². The monoisotopic (exact) mass is 673 g/mol. The Balaban J connectivity index is 1.32. The van der Waals surface area contributed by atoms with E-state index in [-0.39, 0.29) is 5.04 Å². The van der Waals surface area contributed by atoms with Crippen molar-refractivity contribution in [1.29, 1.82) is 0 Å². The van der Waals surface area contributed by atoms with E-state index >= 15 is 0 Å². The Bertz CT molecular complexity index is 1630. The Kier molecular flexibility index (Phi) is 12.9. The molecule has 4 aromatic carbocycles. The van der Waals surface area contributed by atoms with E-state index in [1.165, 1.54) is 26.5 Å². The van der Waals surface area contributed by atoms with Crippen LogP contribution in [0.25, 0.3) is 12.2 Å². The molecular weight excluding hydrogens is 623 g/mol. The number of benzene rings is 4. The number of thiophene rings is 1. The maximum Gasteiger partial charge on any atom is 0.261 e. The lowest BCUT2D eigenvalue weighted by molar-refractivity contribution is 0.288. The summed E-state index contributed by atoms with van der Waals surface area (Å²) < 4.78 is 13.7. The standard InChI is InChI=1S/C43H51NO2SSi/c1-5-6-30-44(31-16-17-32-46-48(43(2,3)4,40-22-12-8-13-23-40)41-24-14-9-15-25-41)38-28-26-37(27-29-39-21-18-33-47-39)42(34-38)45-35-36-19-10-7-11-20-36/h7-15,18-29,33-34H,5-6,16-17,30-32,35H2,1-4H3/b29-27+. The van der Waals surface area contributed by atoms with E-state index in [1.54, 1.807) is 11.3 Å². The van der Waals surface area contributed by atoms with Crippen molar-refractivity contribution in [3.05, 3.63) is 143 Å². The first-order valence-corrected chi connectivity index (χ1v) is 20.2. The number of anilines is 1. The molecule has 250 valence electrons. The molecule has 0 aliphatic rings. The van der Waals surface area contributed by atoms with Gasteiger partial charge in [0.1, 0.15) is 12.4 Å². The maximum absolute atomic E-state index is 7.19. The predicted molar refractivity (Wildman–Crippen MR) is 210 cm³/mol. The first-order valence-electron chi connectivity index (χ1n) is 17.4. The third-order valence-electron chi connectivity index (χ3n) is 8.91. The van der Waals surface area contributed by atoms with Crippen molar-refractivity contribution < 1.29 is 9.16 Å². The molecule has 0 atom stereocenters. The Morgan fingerprint density at radius 1 is 0.708 bits per heavy atom. The minimum atomic E-state index is -2.53. The number of hydrogen-bond acceptors (Lipinski definition) is 4. The SMILES string of the molecule is CCCCN(CCCCO[Si](c1ccccc1)(c1ccccc1)C(C)(C)C)c1ccc(/C=C/c2cccs2)c(OCc2ccccc2)c1. The van der Waals surface area contributed by atoms with Gasteiger partial charge >= 0.3 is 0 Å². The molecule has 1 heterocycles. The van der Waals surface area contributed by atoms with E-state index in [0.717, 1.165) is 56.7 Å². The van der Waals surface area contributed by atoms with E-state index < -0.39 is 8.32 Å². The molecular formula is C43H51NO2SSi. The molecule has 0 bridgehead atoms. The van der Waals surface area contributed by atoms with Crippen LogP contribution in [0.1, 0.15) is 69.4 Å². The van der Waals surface area contributed by atoms with Crippen LogP contribution in [0.2, 0.25) is 5.04 Å². The average Bonchev–Trinajstić information content (AvgIpc) is 3.64. The zero-order valence-corrected chi connectivity index (χ0v) is 30.9. The summed E-state index contributed by atoms with van der Waals surface area (Å²) in [7, 11) is -2.53. The molecule has 48 heavy (non-hydrogen) atoms. The Morgan fingerprint density at radius 3 is 1.96 bits per heavy atom. The molecule has 3 nitrogen and oxygen atoms in total. The van der Waals surface area contributed by atoms with Gasteiger partial charge in [-0.15, -0.1) is 11.3 Å². The van der Waals surface area contributed by atoms with Crippen LogP contribution in [0.15, 0.2) is 127 Å². The summed E-state index contributed by atoms with van der Waals surface area (Å²) in [6, 6.07) is 43.3. The molecule has 0 N–H and O–H groups in total. The molecule has 5 heteroatoms. The van der Waals surface area contributed by atoms with E-state index in [1.807, 2.05) is 6.07 Å². The van der Waals surface area contributed by atoms with Crippen molar-refractivity contribution in [2.45, 2.75) is 65.0 Å². The highest BCUT2D eigenvalue weighted by molar-refractivity contribution is 7.10. The van der Waals surface area contributed by atoms with Crippen LogP contribution >= 0.6 is 11.3 Å². The molecule has 0 aliphatic heterocycles. The van der Waals surface area contributed by atoms with Crippen molar-refractivity contribution in [3.8, 4) is 5.75 Å². The van der Waals surface area contributed by atoms with Gasteiger partial charge in [-0.25, -0.2) is 0 Å². The van der Waals surface area contributed by atoms with Gasteiger partial charge < -0.3 is 14.1 Å². The normalized spacial score (nSPS) is 12.0. The minimum absolute atomic E-state index is 0.0152. The topological polar surface area (TPSA) is 21.7 Å². The number of hydrogen-bond donors (Lipinski definition) is 0. The molecule has 0 aliphatic carbocycles. The molecule has 1 aromatic heterocycles. The van der Waals surface area contributed by atoms with E-state index in [4.69, 9.17) is 9.16 Å². The van der Waals surface area contributed by atoms with Gasteiger partial charge in [0, 0.05) is 41.9 Å². The van der Waals surface area contributed by atoms with Crippen LogP contribution in [0.4, 0.5) is 5.69 Å². The number of unbranched alkanes of at least 4 members (excludes halogenated alkanes) is 2. The summed E-state index contributed by atoms with van der Waals surface area (Å²) in [5.41, 5.74) is 3.48. The zero-order valence-electron chi connectivity index (χ0n) is 29.1. The third-order valence-corrected chi connectivity index (χ3v) is 14.8. The van der Waals surface area contributed by atoms with Gasteiger partial charge in [-0.3, -0.25) is 0 Å². The van der Waals surface area contributed by atoms with Crippen molar-refractivity contribution in [2.75, 3.05) is 24.6 Å². The van der Waals surface area contributed by atoms with E-state index in [9.17, 15) is 0 Å². The maximum atomic E-state index is 7.19. The lowest BCUT2D eigenvalue weighted by Gasteiger charge is -2.43. The minimum Gasteiger partial charge on any atom is -0.488 e. The second-order valence-corrected chi connectivity index (χ2v) is 18.7. The van der Waals surface area contributed by atoms with Gasteiger partial charge in [0.25, 0.3) is 8.32 Å². The molecule has 0 fully saturated rings. The first kappa shape index (κ1) is 35.4. The summed E-state index contributed by atoms with van der Waals surface area (Å²) in [6.07, 6.45) is 8.73. The number of rotatable bonds is 17. The fraction of sp³-hybridized carbons (Fsp3) is 0.302. The first-order chi connectivity index (χ1) is 23.4. The second kappa shape index (κ2) is 17.5. The smallest absolute Gasteiger partial charge is 0.261 e. The van der Waals surface area contributed by atoms with Crippen molar-refractivity contribution in [2.24, 2.45) is 0 Å². The van der Waals surface area contributed by atoms with Gasteiger partial charge in [0.2, 0.25) is 0 Å². The molecule has 0 spiro atoms. The Labute approximate surface area is 294 Å². The van der Waals surface area contributed by atoms with Crippen molar-refractivity contribution in [3.63, 3.8) is 0 Å². The van der Waals surface area contributed by atoms with Crippen molar-refractivity contribution in [1.82, 2.24) is 0 Å². The summed E-state index contributed by atoms with van der Waals surface area (Å²) in [5.74, 6) is 0.917. The Morgan fingerprint density at radius 2 is 1.35 bits per heavy atom. The molecule has 5 rings (SSSR count). The number of nitrogens with zero attached hydrogens (tertiary/aromatic N) is 1. The molecule has 0 unspecified atom stereocenters. The molecule has 0 saturated carbocycles. The quantitative estimate of drug-likeness (QED) is 0.0724. The van der Waals surface area contributed by atoms with Crippen LogP contribution in [0.3, 0.4) is 0 Å². The largest absolute Gasteiger partial charge is 0.488 e. The van der Waals surface area contributed by atoms with Gasteiger partial charge in [-0.1, -0.05) is 131 Å². The average molecular weight is 674 g/mol. The molecule has 5 aromatic rings. The fourth-order valence-corrected chi connectivity index (χ4v) is 11.6. The fourth-order valence-electron chi connectivity index (χ4n) is 6.39. The summed E-state index contributed by atoms with van der Waals surface area (Å²) in [4.78, 5) is 3.77. The predicted octanol–water partition coefficient (Wildman–Crippen LogP) is 10.5. The summed E-state index contributed by atoms with van der Waals surface area (Å²) in [6.45, 7) is 12.6. The number of ether oxygens (including phenoxy) is 1. The molecule has 0 amide bonds.